The zero-order valence-electron chi connectivity index (χ0n) is 17.8. The third kappa shape index (κ3) is 4.67. The predicted molar refractivity (Wildman–Crippen MR) is 117 cm³/mol. The highest BCUT2D eigenvalue weighted by molar-refractivity contribution is 5.99. The molecule has 0 saturated carbocycles. The van der Waals surface area contributed by atoms with Crippen molar-refractivity contribution in [2.24, 2.45) is 0 Å². The molecule has 0 bridgehead atoms. The molecule has 154 valence electrons. The summed E-state index contributed by atoms with van der Waals surface area (Å²) in [7, 11) is 0. The van der Waals surface area contributed by atoms with E-state index in [2.05, 4.69) is 23.0 Å². The summed E-state index contributed by atoms with van der Waals surface area (Å²) in [5.41, 5.74) is 4.84. The molecule has 0 N–H and O–H groups in total. The van der Waals surface area contributed by atoms with Gasteiger partial charge in [-0.1, -0.05) is 25.1 Å². The molecule has 0 spiro atoms. The molecule has 1 aromatic heterocycles. The highest BCUT2D eigenvalue weighted by Crippen LogP contribution is 2.17. The number of aryl methyl sites for hydroxylation is 2. The van der Waals surface area contributed by atoms with Gasteiger partial charge in [0.15, 0.2) is 5.78 Å². The smallest absolute Gasteiger partial charge is 0.253 e. The van der Waals surface area contributed by atoms with E-state index in [1.54, 1.807) is 0 Å². The van der Waals surface area contributed by atoms with E-state index < -0.39 is 0 Å². The number of nitrogens with zero attached hydrogens (tertiary/aromatic N) is 3. The summed E-state index contributed by atoms with van der Waals surface area (Å²) in [5.74, 6) is 0.218. The number of benzene rings is 1. The zero-order chi connectivity index (χ0) is 21.0. The third-order valence-corrected chi connectivity index (χ3v) is 5.82. The summed E-state index contributed by atoms with van der Waals surface area (Å²) in [6.07, 6.45) is 2.82. The maximum Gasteiger partial charge on any atom is 0.253 e. The minimum atomic E-state index is 0.0756. The Balaban J connectivity index is 1.57. The van der Waals surface area contributed by atoms with Gasteiger partial charge in [-0.25, -0.2) is 0 Å². The van der Waals surface area contributed by atoms with Crippen molar-refractivity contribution >= 4 is 11.7 Å². The van der Waals surface area contributed by atoms with Gasteiger partial charge >= 0.3 is 0 Å². The lowest BCUT2D eigenvalue weighted by molar-refractivity contribution is 0.0624. The molecule has 2 aromatic rings. The number of carbonyl (C=O) groups is 2. The summed E-state index contributed by atoms with van der Waals surface area (Å²) in [6.45, 7) is 13.7. The van der Waals surface area contributed by atoms with E-state index in [1.165, 1.54) is 5.56 Å². The van der Waals surface area contributed by atoms with E-state index in [1.807, 2.05) is 55.2 Å². The van der Waals surface area contributed by atoms with Crippen LogP contribution in [-0.4, -0.2) is 58.8 Å². The summed E-state index contributed by atoms with van der Waals surface area (Å²) in [5, 5.41) is 0. The molecule has 2 heterocycles. The van der Waals surface area contributed by atoms with Gasteiger partial charge in [0.25, 0.3) is 5.91 Å². The van der Waals surface area contributed by atoms with Crippen molar-refractivity contribution < 1.29 is 9.59 Å². The van der Waals surface area contributed by atoms with Gasteiger partial charge in [0, 0.05) is 55.2 Å². The van der Waals surface area contributed by atoms with E-state index in [0.717, 1.165) is 42.0 Å². The second-order valence-corrected chi connectivity index (χ2v) is 7.73. The Labute approximate surface area is 173 Å². The van der Waals surface area contributed by atoms with Gasteiger partial charge < -0.3 is 9.47 Å². The Morgan fingerprint density at radius 3 is 2.31 bits per heavy atom. The molecule has 0 unspecified atom stereocenters. The van der Waals surface area contributed by atoms with Crippen LogP contribution in [-0.2, 0) is 13.0 Å². The molecule has 0 radical (unpaired) electrons. The average molecular weight is 394 g/mol. The third-order valence-electron chi connectivity index (χ3n) is 5.82. The van der Waals surface area contributed by atoms with Crippen molar-refractivity contribution in [3.63, 3.8) is 0 Å². The number of hydrogen-bond donors (Lipinski definition) is 0. The van der Waals surface area contributed by atoms with Crippen molar-refractivity contribution in [3.8, 4) is 0 Å². The fraction of sp³-hybridized carbons (Fsp3) is 0.417. The first-order valence-corrected chi connectivity index (χ1v) is 10.4. The van der Waals surface area contributed by atoms with Gasteiger partial charge in [0.2, 0.25) is 0 Å². The fourth-order valence-electron chi connectivity index (χ4n) is 3.96. The van der Waals surface area contributed by atoms with Crippen molar-refractivity contribution in [1.82, 2.24) is 14.4 Å². The normalized spacial score (nSPS) is 14.8. The molecule has 5 heteroatoms. The van der Waals surface area contributed by atoms with Crippen LogP contribution in [0, 0.1) is 13.8 Å². The van der Waals surface area contributed by atoms with Crippen molar-refractivity contribution in [1.29, 1.82) is 0 Å². The monoisotopic (exact) mass is 393 g/mol. The van der Waals surface area contributed by atoms with E-state index >= 15 is 0 Å². The van der Waals surface area contributed by atoms with Crippen LogP contribution in [0.2, 0.25) is 0 Å². The summed E-state index contributed by atoms with van der Waals surface area (Å²) in [4.78, 5) is 29.6. The second kappa shape index (κ2) is 9.23. The van der Waals surface area contributed by atoms with Crippen LogP contribution in [0.4, 0.5) is 0 Å². The quantitative estimate of drug-likeness (QED) is 0.534. The lowest BCUT2D eigenvalue weighted by Gasteiger charge is -2.34. The Morgan fingerprint density at radius 1 is 1.07 bits per heavy atom. The van der Waals surface area contributed by atoms with Crippen LogP contribution in [0.5, 0.6) is 0 Å². The molecular formula is C24H31N3O2. The van der Waals surface area contributed by atoms with Gasteiger partial charge in [-0.15, -0.1) is 6.58 Å². The molecule has 1 aromatic carbocycles. The highest BCUT2D eigenvalue weighted by Gasteiger charge is 2.24. The average Bonchev–Trinajstić information content (AvgIpc) is 3.02. The number of aromatic nitrogens is 1. The number of amides is 1. The number of allylic oxidation sites excluding steroid dienone is 1. The summed E-state index contributed by atoms with van der Waals surface area (Å²) in [6, 6.07) is 9.84. The topological polar surface area (TPSA) is 45.6 Å². The molecule has 1 aliphatic heterocycles. The van der Waals surface area contributed by atoms with Crippen molar-refractivity contribution in [3.05, 3.63) is 71.1 Å². The van der Waals surface area contributed by atoms with Crippen LogP contribution in [0.3, 0.4) is 0 Å². The fourth-order valence-corrected chi connectivity index (χ4v) is 3.96. The molecule has 1 amide bonds. The lowest BCUT2D eigenvalue weighted by Crippen LogP contribution is -2.49. The first-order chi connectivity index (χ1) is 13.9. The minimum Gasteiger partial charge on any atom is -0.345 e. The highest BCUT2D eigenvalue weighted by atomic mass is 16.2. The maximum absolute atomic E-state index is 12.8. The van der Waals surface area contributed by atoms with E-state index in [9.17, 15) is 9.59 Å². The van der Waals surface area contributed by atoms with E-state index in [-0.39, 0.29) is 11.7 Å². The summed E-state index contributed by atoms with van der Waals surface area (Å²) >= 11 is 0. The number of Topliss-reactive ketones (excluding diaryl/α,β-unsaturated/α-hetero) is 1. The van der Waals surface area contributed by atoms with Gasteiger partial charge in [0.05, 0.1) is 6.54 Å². The predicted octanol–water partition coefficient (Wildman–Crippen LogP) is 3.49. The van der Waals surface area contributed by atoms with Crippen LogP contribution in [0.1, 0.15) is 44.6 Å². The SMILES string of the molecule is C=CCn1c(C)cc(C(=O)CN2CCN(C(=O)c3ccc(CC)cc3)CC2)c1C. The molecule has 3 rings (SSSR count). The Bertz CT molecular complexity index is 888. The van der Waals surface area contributed by atoms with E-state index in [0.29, 0.717) is 26.2 Å². The number of piperazine rings is 1. The lowest BCUT2D eigenvalue weighted by atomic mass is 10.1. The van der Waals surface area contributed by atoms with E-state index in [4.69, 9.17) is 0 Å². The molecule has 1 fully saturated rings. The molecule has 1 aliphatic rings. The first kappa shape index (κ1) is 21.1. The van der Waals surface area contributed by atoms with Crippen LogP contribution < -0.4 is 0 Å². The Morgan fingerprint density at radius 2 is 1.72 bits per heavy atom. The zero-order valence-corrected chi connectivity index (χ0v) is 17.8. The van der Waals surface area contributed by atoms with Crippen molar-refractivity contribution in [2.75, 3.05) is 32.7 Å². The van der Waals surface area contributed by atoms with Crippen LogP contribution in [0.15, 0.2) is 43.0 Å². The number of hydrogen-bond acceptors (Lipinski definition) is 3. The molecule has 29 heavy (non-hydrogen) atoms. The second-order valence-electron chi connectivity index (χ2n) is 7.73. The number of carbonyl (C=O) groups excluding carboxylic acids is 2. The van der Waals surface area contributed by atoms with Gasteiger partial charge in [-0.2, -0.15) is 0 Å². The molecule has 5 nitrogen and oxygen atoms in total. The minimum absolute atomic E-state index is 0.0756. The molecule has 0 atom stereocenters. The molecular weight excluding hydrogens is 362 g/mol. The summed E-state index contributed by atoms with van der Waals surface area (Å²) < 4.78 is 2.11. The van der Waals surface area contributed by atoms with Crippen molar-refractivity contribution in [2.45, 2.75) is 33.7 Å². The number of ketones is 1. The standard InChI is InChI=1S/C24H31N3O2/c1-5-11-27-18(3)16-22(19(27)4)23(28)17-25-12-14-26(15-13-25)24(29)21-9-7-20(6-2)8-10-21/h5,7-10,16H,1,6,11-15,17H2,2-4H3. The first-order valence-electron chi connectivity index (χ1n) is 10.4. The van der Waals surface area contributed by atoms with Gasteiger partial charge in [-0.05, 0) is 44.0 Å². The number of rotatable bonds is 7. The van der Waals surface area contributed by atoms with Crippen LogP contribution >= 0.6 is 0 Å². The largest absolute Gasteiger partial charge is 0.345 e. The maximum atomic E-state index is 12.8. The Hall–Kier alpha value is -2.66. The Kier molecular flexibility index (Phi) is 6.70. The molecule has 0 aliphatic carbocycles. The van der Waals surface area contributed by atoms with Crippen LogP contribution in [0.25, 0.3) is 0 Å². The van der Waals surface area contributed by atoms with Gasteiger partial charge in [-0.3, -0.25) is 14.5 Å². The molecule has 1 saturated heterocycles. The van der Waals surface area contributed by atoms with Gasteiger partial charge in [0.1, 0.15) is 0 Å².